The molecule has 0 spiro atoms. The molecule has 0 bridgehead atoms. The Morgan fingerprint density at radius 3 is 2.71 bits per heavy atom. The van der Waals surface area contributed by atoms with Crippen LogP contribution in [0.4, 0.5) is 5.82 Å². The maximum Gasteiger partial charge on any atom is 0.249 e. The number of nitrogens with zero attached hydrogens (tertiary/aromatic N) is 1. The number of allylic oxidation sites excluding steroid dienone is 1. The van der Waals surface area contributed by atoms with Crippen molar-refractivity contribution in [1.82, 2.24) is 10.2 Å². The molecule has 21 heavy (non-hydrogen) atoms. The highest BCUT2D eigenvalue weighted by molar-refractivity contribution is 6.05. The van der Waals surface area contributed by atoms with Crippen molar-refractivity contribution in [3.63, 3.8) is 0 Å². The van der Waals surface area contributed by atoms with Gasteiger partial charge in [0.1, 0.15) is 0 Å². The van der Waals surface area contributed by atoms with Crippen LogP contribution in [0.25, 0.3) is 22.0 Å². The van der Waals surface area contributed by atoms with Gasteiger partial charge in [-0.15, -0.1) is 0 Å². The van der Waals surface area contributed by atoms with Crippen molar-refractivity contribution in [3.8, 4) is 11.1 Å². The highest BCUT2D eigenvalue weighted by Crippen LogP contribution is 2.27. The van der Waals surface area contributed by atoms with E-state index in [0.29, 0.717) is 5.82 Å². The van der Waals surface area contributed by atoms with Gasteiger partial charge in [-0.25, -0.2) is 0 Å². The molecule has 0 unspecified atom stereocenters. The molecule has 0 aliphatic rings. The van der Waals surface area contributed by atoms with Crippen LogP contribution >= 0.6 is 0 Å². The zero-order chi connectivity index (χ0) is 14.7. The van der Waals surface area contributed by atoms with E-state index in [1.165, 1.54) is 6.08 Å². The maximum absolute atomic E-state index is 11.7. The average molecular weight is 277 g/mol. The number of fused-ring (bicyclic) bond motifs is 1. The fourth-order valence-electron chi connectivity index (χ4n) is 2.23. The molecule has 1 heterocycles. The molecule has 0 radical (unpaired) electrons. The fourth-order valence-corrected chi connectivity index (χ4v) is 2.23. The van der Waals surface area contributed by atoms with Gasteiger partial charge in [-0.1, -0.05) is 42.5 Å². The van der Waals surface area contributed by atoms with Crippen LogP contribution in [0.2, 0.25) is 0 Å². The van der Waals surface area contributed by atoms with Crippen molar-refractivity contribution >= 4 is 22.6 Å². The highest BCUT2D eigenvalue weighted by atomic mass is 16.1. The third-order valence-electron chi connectivity index (χ3n) is 3.23. The molecule has 1 amide bonds. The van der Waals surface area contributed by atoms with E-state index < -0.39 is 0 Å². The lowest BCUT2D eigenvalue weighted by atomic mass is 10.0. The second-order valence-corrected chi connectivity index (χ2v) is 4.69. The summed E-state index contributed by atoms with van der Waals surface area (Å²) < 4.78 is 0. The molecule has 2 N–H and O–H groups in total. The largest absolute Gasteiger partial charge is 0.305 e. The van der Waals surface area contributed by atoms with Crippen LogP contribution in [0.15, 0.2) is 60.7 Å². The molecule has 3 aromatic rings. The smallest absolute Gasteiger partial charge is 0.249 e. The van der Waals surface area contributed by atoms with E-state index in [1.807, 2.05) is 36.4 Å². The third-order valence-corrected chi connectivity index (χ3v) is 3.23. The molecule has 0 aliphatic carbocycles. The third kappa shape index (κ3) is 2.69. The molecule has 0 aliphatic heterocycles. The average Bonchev–Trinajstić information content (AvgIpc) is 2.91. The Labute approximate surface area is 122 Å². The maximum atomic E-state index is 11.7. The van der Waals surface area contributed by atoms with Gasteiger partial charge in [-0.3, -0.25) is 9.89 Å². The first-order chi connectivity index (χ1) is 10.3. The van der Waals surface area contributed by atoms with Crippen LogP contribution < -0.4 is 5.32 Å². The first-order valence-corrected chi connectivity index (χ1v) is 6.75. The Balaban J connectivity index is 2.02. The molecule has 4 heteroatoms. The van der Waals surface area contributed by atoms with E-state index in [9.17, 15) is 4.79 Å². The van der Waals surface area contributed by atoms with Crippen LogP contribution in [0.5, 0.6) is 0 Å². The number of rotatable bonds is 3. The van der Waals surface area contributed by atoms with Gasteiger partial charge < -0.3 is 5.32 Å². The summed E-state index contributed by atoms with van der Waals surface area (Å²) in [5.74, 6) is 0.363. The molecule has 3 rings (SSSR count). The van der Waals surface area contributed by atoms with Crippen molar-refractivity contribution in [2.75, 3.05) is 5.32 Å². The number of H-pyrrole nitrogens is 1. The summed E-state index contributed by atoms with van der Waals surface area (Å²) in [6.07, 6.45) is 3.17. The first kappa shape index (κ1) is 13.1. The van der Waals surface area contributed by atoms with Crippen molar-refractivity contribution in [2.24, 2.45) is 0 Å². The number of amides is 1. The van der Waals surface area contributed by atoms with Gasteiger partial charge in [0, 0.05) is 5.39 Å². The number of hydrogen-bond donors (Lipinski definition) is 2. The van der Waals surface area contributed by atoms with Crippen molar-refractivity contribution in [2.45, 2.75) is 6.92 Å². The summed E-state index contributed by atoms with van der Waals surface area (Å²) in [5, 5.41) is 10.8. The predicted octanol–water partition coefficient (Wildman–Crippen LogP) is 3.74. The van der Waals surface area contributed by atoms with Gasteiger partial charge in [0.05, 0.1) is 5.52 Å². The minimum atomic E-state index is -0.184. The van der Waals surface area contributed by atoms with Crippen LogP contribution in [0.3, 0.4) is 0 Å². The minimum absolute atomic E-state index is 0.184. The number of anilines is 1. The van der Waals surface area contributed by atoms with E-state index in [2.05, 4.69) is 27.6 Å². The molecule has 0 fully saturated rings. The fraction of sp³-hybridized carbons (Fsp3) is 0.0588. The Morgan fingerprint density at radius 2 is 1.95 bits per heavy atom. The normalized spacial score (nSPS) is 11.1. The summed E-state index contributed by atoms with van der Waals surface area (Å²) in [5.41, 5.74) is 3.11. The number of carbonyl (C=O) groups is 1. The number of benzene rings is 2. The van der Waals surface area contributed by atoms with E-state index >= 15 is 0 Å². The monoisotopic (exact) mass is 277 g/mol. The van der Waals surface area contributed by atoms with Crippen LogP contribution in [-0.2, 0) is 4.79 Å². The molecule has 0 atom stereocenters. The molecule has 2 aromatic carbocycles. The second-order valence-electron chi connectivity index (χ2n) is 4.69. The lowest BCUT2D eigenvalue weighted by Crippen LogP contribution is -2.08. The van der Waals surface area contributed by atoms with Crippen LogP contribution in [-0.4, -0.2) is 16.1 Å². The van der Waals surface area contributed by atoms with Gasteiger partial charge in [0.2, 0.25) is 5.91 Å². The number of hydrogen-bond acceptors (Lipinski definition) is 2. The zero-order valence-corrected chi connectivity index (χ0v) is 11.6. The number of carbonyl (C=O) groups excluding carboxylic acids is 1. The topological polar surface area (TPSA) is 57.8 Å². The number of aromatic amines is 1. The van der Waals surface area contributed by atoms with Crippen molar-refractivity contribution in [1.29, 1.82) is 0 Å². The summed E-state index contributed by atoms with van der Waals surface area (Å²) in [7, 11) is 0. The summed E-state index contributed by atoms with van der Waals surface area (Å²) in [4.78, 5) is 11.7. The van der Waals surface area contributed by atoms with Crippen LogP contribution in [0.1, 0.15) is 6.92 Å². The Hall–Kier alpha value is -2.88. The Bertz CT molecular complexity index is 803. The lowest BCUT2D eigenvalue weighted by Gasteiger charge is -2.03. The summed E-state index contributed by atoms with van der Waals surface area (Å²) in [6, 6.07) is 16.1. The van der Waals surface area contributed by atoms with Crippen molar-refractivity contribution < 1.29 is 4.79 Å². The van der Waals surface area contributed by atoms with Gasteiger partial charge >= 0.3 is 0 Å². The van der Waals surface area contributed by atoms with E-state index in [1.54, 1.807) is 13.0 Å². The van der Waals surface area contributed by atoms with E-state index in [4.69, 9.17) is 0 Å². The second kappa shape index (κ2) is 5.63. The van der Waals surface area contributed by atoms with Gasteiger partial charge in [-0.2, -0.15) is 5.10 Å². The minimum Gasteiger partial charge on any atom is -0.305 e. The number of nitrogens with one attached hydrogen (secondary N) is 2. The van der Waals surface area contributed by atoms with Gasteiger partial charge in [0.25, 0.3) is 0 Å². The van der Waals surface area contributed by atoms with Gasteiger partial charge in [-0.05, 0) is 36.3 Å². The SMILES string of the molecule is C/C=C/C(=O)Nc1n[nH]c2ccc(-c3ccccc3)cc12. The van der Waals surface area contributed by atoms with Gasteiger partial charge in [0.15, 0.2) is 5.82 Å². The van der Waals surface area contributed by atoms with Crippen molar-refractivity contribution in [3.05, 3.63) is 60.7 Å². The first-order valence-electron chi connectivity index (χ1n) is 6.75. The molecular weight excluding hydrogens is 262 g/mol. The molecular formula is C17H15N3O. The molecule has 0 saturated heterocycles. The summed E-state index contributed by atoms with van der Waals surface area (Å²) in [6.45, 7) is 1.80. The van der Waals surface area contributed by atoms with E-state index in [-0.39, 0.29) is 5.91 Å². The molecule has 4 nitrogen and oxygen atoms in total. The Morgan fingerprint density at radius 1 is 1.14 bits per heavy atom. The standard InChI is InChI=1S/C17H15N3O/c1-2-6-16(21)18-17-14-11-13(9-10-15(14)19-20-17)12-7-4-3-5-8-12/h2-11H,1H3,(H2,18,19,20,21)/b6-2+. The van der Waals surface area contributed by atoms with E-state index in [0.717, 1.165) is 22.0 Å². The highest BCUT2D eigenvalue weighted by Gasteiger charge is 2.09. The Kier molecular flexibility index (Phi) is 3.51. The van der Waals surface area contributed by atoms with Crippen LogP contribution in [0, 0.1) is 0 Å². The summed E-state index contributed by atoms with van der Waals surface area (Å²) >= 11 is 0. The zero-order valence-electron chi connectivity index (χ0n) is 11.6. The molecule has 1 aromatic heterocycles. The molecule has 104 valence electrons. The predicted molar refractivity (Wildman–Crippen MR) is 85.0 cm³/mol. The molecule has 0 saturated carbocycles. The number of aromatic nitrogens is 2. The lowest BCUT2D eigenvalue weighted by molar-refractivity contribution is -0.111. The quantitative estimate of drug-likeness (QED) is 0.716.